The molecular formula is C27H30O7. The largest absolute Gasteiger partial charge is 0.494 e. The molecular weight excluding hydrogens is 436 g/mol. The van der Waals surface area contributed by atoms with Gasteiger partial charge in [0.25, 0.3) is 0 Å². The molecule has 0 amide bonds. The maximum atomic E-state index is 12.5. The highest BCUT2D eigenvalue weighted by molar-refractivity contribution is 5.92. The molecule has 0 unspecified atom stereocenters. The predicted octanol–water partition coefficient (Wildman–Crippen LogP) is 5.15. The molecule has 2 rings (SSSR count). The number of unbranched alkanes of at least 4 members (excludes halogenated alkanes) is 3. The number of esters is 3. The number of hydrogen-bond donors (Lipinski definition) is 0. The molecule has 2 aromatic rings. The van der Waals surface area contributed by atoms with Crippen LogP contribution < -0.4 is 9.47 Å². The summed E-state index contributed by atoms with van der Waals surface area (Å²) in [6.45, 7) is 6.12. The van der Waals surface area contributed by atoms with Crippen LogP contribution in [0.5, 0.6) is 11.5 Å². The second-order valence-corrected chi connectivity index (χ2v) is 7.49. The molecule has 2 aromatic carbocycles. The van der Waals surface area contributed by atoms with Crippen LogP contribution in [0.25, 0.3) is 6.08 Å². The van der Waals surface area contributed by atoms with Gasteiger partial charge in [0.05, 0.1) is 25.9 Å². The molecule has 0 saturated heterocycles. The van der Waals surface area contributed by atoms with Gasteiger partial charge >= 0.3 is 17.9 Å². The molecule has 0 bridgehead atoms. The smallest absolute Gasteiger partial charge is 0.343 e. The highest BCUT2D eigenvalue weighted by Crippen LogP contribution is 2.22. The Labute approximate surface area is 200 Å². The molecule has 0 aliphatic carbocycles. The van der Waals surface area contributed by atoms with Gasteiger partial charge in [-0.25, -0.2) is 14.4 Å². The molecule has 0 aliphatic rings. The highest BCUT2D eigenvalue weighted by atomic mass is 16.5. The minimum absolute atomic E-state index is 0.336. The summed E-state index contributed by atoms with van der Waals surface area (Å²) in [5.74, 6) is -0.371. The van der Waals surface area contributed by atoms with Crippen molar-refractivity contribution in [3.05, 3.63) is 77.9 Å². The van der Waals surface area contributed by atoms with E-state index < -0.39 is 11.9 Å². The summed E-state index contributed by atoms with van der Waals surface area (Å²) in [5, 5.41) is 0. The number of methoxy groups -OCH3 is 1. The molecule has 0 radical (unpaired) electrons. The fourth-order valence-electron chi connectivity index (χ4n) is 2.82. The van der Waals surface area contributed by atoms with Gasteiger partial charge in [0.2, 0.25) is 0 Å². The van der Waals surface area contributed by atoms with Crippen molar-refractivity contribution in [1.29, 1.82) is 0 Å². The predicted molar refractivity (Wildman–Crippen MR) is 129 cm³/mol. The second-order valence-electron chi connectivity index (χ2n) is 7.49. The Kier molecular flexibility index (Phi) is 11.1. The van der Waals surface area contributed by atoms with Crippen molar-refractivity contribution in [2.24, 2.45) is 0 Å². The van der Waals surface area contributed by atoms with Crippen molar-refractivity contribution < 1.29 is 33.3 Å². The van der Waals surface area contributed by atoms with E-state index >= 15 is 0 Å². The normalized spacial score (nSPS) is 10.5. The number of benzene rings is 2. The molecule has 7 nitrogen and oxygen atoms in total. The first kappa shape index (κ1) is 26.4. The van der Waals surface area contributed by atoms with Crippen LogP contribution in [-0.2, 0) is 19.1 Å². The van der Waals surface area contributed by atoms with Gasteiger partial charge in [0.1, 0.15) is 11.5 Å². The number of hydrogen-bond acceptors (Lipinski definition) is 7. The lowest BCUT2D eigenvalue weighted by molar-refractivity contribution is -0.139. The Bertz CT molecular complexity index is 1010. The Morgan fingerprint density at radius 2 is 1.59 bits per heavy atom. The first-order valence-corrected chi connectivity index (χ1v) is 11.0. The van der Waals surface area contributed by atoms with Crippen LogP contribution in [0.15, 0.2) is 66.8 Å². The van der Waals surface area contributed by atoms with Crippen LogP contribution in [0.1, 0.15) is 48.5 Å². The van der Waals surface area contributed by atoms with E-state index in [9.17, 15) is 14.4 Å². The number of rotatable bonds is 13. The van der Waals surface area contributed by atoms with E-state index in [1.54, 1.807) is 55.5 Å². The lowest BCUT2D eigenvalue weighted by Crippen LogP contribution is -2.09. The molecule has 0 aromatic heterocycles. The van der Waals surface area contributed by atoms with Gasteiger partial charge in [-0.1, -0.05) is 24.8 Å². The van der Waals surface area contributed by atoms with Gasteiger partial charge in [-0.3, -0.25) is 0 Å². The van der Waals surface area contributed by atoms with Gasteiger partial charge in [0, 0.05) is 17.2 Å². The molecule has 180 valence electrons. The van der Waals surface area contributed by atoms with Crippen LogP contribution in [0, 0.1) is 0 Å². The monoisotopic (exact) mass is 466 g/mol. The zero-order chi connectivity index (χ0) is 24.8. The number of ether oxygens (including phenoxy) is 4. The standard InChI is InChI=1S/C27H30O7/c1-20(2)26(29)33-19-9-5-4-8-18-32-23-15-12-22(13-16-23)27(30)34-24-11-7-6-10-21(24)14-17-25(28)31-3/h6-7,10-17H,1,4-5,8-9,18-19H2,2-3H3/b17-14+. The maximum Gasteiger partial charge on any atom is 0.343 e. The molecule has 0 fully saturated rings. The molecule has 0 spiro atoms. The van der Waals surface area contributed by atoms with Crippen LogP contribution >= 0.6 is 0 Å². The second kappa shape index (κ2) is 14.3. The molecule has 0 atom stereocenters. The first-order valence-electron chi connectivity index (χ1n) is 11.0. The summed E-state index contributed by atoms with van der Waals surface area (Å²) in [6, 6.07) is 13.6. The quantitative estimate of drug-likeness (QED) is 0.175. The summed E-state index contributed by atoms with van der Waals surface area (Å²) in [7, 11) is 1.29. The van der Waals surface area contributed by atoms with E-state index in [1.807, 2.05) is 0 Å². The Hall–Kier alpha value is -3.87. The number of carbonyl (C=O) groups is 3. The van der Waals surface area contributed by atoms with Crippen molar-refractivity contribution >= 4 is 24.0 Å². The van der Waals surface area contributed by atoms with E-state index in [0.29, 0.717) is 41.4 Å². The van der Waals surface area contributed by atoms with Crippen LogP contribution in [0.2, 0.25) is 0 Å². The van der Waals surface area contributed by atoms with Gasteiger partial charge < -0.3 is 18.9 Å². The fraction of sp³-hybridized carbons (Fsp3) is 0.296. The van der Waals surface area contributed by atoms with Crippen LogP contribution in [0.4, 0.5) is 0 Å². The summed E-state index contributed by atoms with van der Waals surface area (Å²) in [6.07, 6.45) is 6.36. The van der Waals surface area contributed by atoms with Crippen molar-refractivity contribution in [2.75, 3.05) is 20.3 Å². The van der Waals surface area contributed by atoms with Crippen molar-refractivity contribution in [2.45, 2.75) is 32.6 Å². The van der Waals surface area contributed by atoms with Crippen molar-refractivity contribution in [3.63, 3.8) is 0 Å². The van der Waals surface area contributed by atoms with E-state index in [0.717, 1.165) is 25.7 Å². The van der Waals surface area contributed by atoms with Crippen LogP contribution in [0.3, 0.4) is 0 Å². The third-order valence-electron chi connectivity index (χ3n) is 4.70. The zero-order valence-corrected chi connectivity index (χ0v) is 19.6. The summed E-state index contributed by atoms with van der Waals surface area (Å²) >= 11 is 0. The lowest BCUT2D eigenvalue weighted by atomic mass is 10.2. The average Bonchev–Trinajstić information content (AvgIpc) is 2.84. The van der Waals surface area contributed by atoms with E-state index in [-0.39, 0.29) is 5.97 Å². The van der Waals surface area contributed by atoms with E-state index in [1.165, 1.54) is 19.3 Å². The third-order valence-corrected chi connectivity index (χ3v) is 4.70. The van der Waals surface area contributed by atoms with Gasteiger partial charge in [-0.15, -0.1) is 0 Å². The number of carbonyl (C=O) groups excluding carboxylic acids is 3. The summed E-state index contributed by atoms with van der Waals surface area (Å²) in [5.41, 5.74) is 1.36. The average molecular weight is 467 g/mol. The number of para-hydroxylation sites is 1. The third kappa shape index (κ3) is 9.32. The summed E-state index contributed by atoms with van der Waals surface area (Å²) in [4.78, 5) is 35.1. The topological polar surface area (TPSA) is 88.1 Å². The van der Waals surface area contributed by atoms with E-state index in [2.05, 4.69) is 11.3 Å². The molecule has 0 N–H and O–H groups in total. The molecule has 0 aliphatic heterocycles. The highest BCUT2D eigenvalue weighted by Gasteiger charge is 2.11. The maximum absolute atomic E-state index is 12.5. The van der Waals surface area contributed by atoms with Crippen molar-refractivity contribution in [1.82, 2.24) is 0 Å². The first-order chi connectivity index (χ1) is 16.4. The minimum Gasteiger partial charge on any atom is -0.494 e. The Morgan fingerprint density at radius 3 is 2.26 bits per heavy atom. The zero-order valence-electron chi connectivity index (χ0n) is 19.6. The SMILES string of the molecule is C=C(C)C(=O)OCCCCCCOc1ccc(C(=O)Oc2ccccc2/C=C/C(=O)OC)cc1. The Morgan fingerprint density at radius 1 is 0.912 bits per heavy atom. The summed E-state index contributed by atoms with van der Waals surface area (Å²) < 4.78 is 20.8. The van der Waals surface area contributed by atoms with Gasteiger partial charge in [-0.05, 0) is 69.0 Å². The molecule has 7 heteroatoms. The lowest BCUT2D eigenvalue weighted by Gasteiger charge is -2.09. The van der Waals surface area contributed by atoms with Crippen molar-refractivity contribution in [3.8, 4) is 11.5 Å². The molecule has 34 heavy (non-hydrogen) atoms. The van der Waals surface area contributed by atoms with E-state index in [4.69, 9.17) is 14.2 Å². The molecule has 0 heterocycles. The minimum atomic E-state index is -0.516. The fourth-order valence-corrected chi connectivity index (χ4v) is 2.82. The molecule has 0 saturated carbocycles. The van der Waals surface area contributed by atoms with Crippen LogP contribution in [-0.4, -0.2) is 38.2 Å². The van der Waals surface area contributed by atoms with Gasteiger partial charge in [0.15, 0.2) is 0 Å². The Balaban J connectivity index is 1.75. The van der Waals surface area contributed by atoms with Gasteiger partial charge in [-0.2, -0.15) is 0 Å².